The first-order valence-electron chi connectivity index (χ1n) is 11.1. The van der Waals surface area contributed by atoms with Gasteiger partial charge in [-0.05, 0) is 62.4 Å². The molecule has 0 unspecified atom stereocenters. The Bertz CT molecular complexity index is 1170. The number of H-pyrrole nitrogens is 2. The molecule has 1 aliphatic heterocycles. The van der Waals surface area contributed by atoms with E-state index in [-0.39, 0.29) is 12.5 Å². The molecule has 3 heterocycles. The normalized spacial score (nSPS) is 15.9. The van der Waals surface area contributed by atoms with E-state index in [0.717, 1.165) is 33.8 Å². The number of aryl methyl sites for hydroxylation is 1. The average Bonchev–Trinajstić information content (AvgIpc) is 3.22. The maximum Gasteiger partial charge on any atom is 0.351 e. The first-order chi connectivity index (χ1) is 15.6. The van der Waals surface area contributed by atoms with E-state index in [4.69, 9.17) is 4.74 Å². The van der Waals surface area contributed by atoms with Gasteiger partial charge in [-0.2, -0.15) is 0 Å². The Labute approximate surface area is 185 Å². The fraction of sp³-hybridized carbons (Fsp3) is 0.391. The van der Waals surface area contributed by atoms with E-state index in [1.807, 2.05) is 30.5 Å². The van der Waals surface area contributed by atoms with Gasteiger partial charge < -0.3 is 19.9 Å². The van der Waals surface area contributed by atoms with E-state index >= 15 is 0 Å². The molecule has 3 aromatic rings. The number of esters is 1. The quantitative estimate of drug-likeness (QED) is 0.492. The Balaban J connectivity index is 1.39. The van der Waals surface area contributed by atoms with Crippen molar-refractivity contribution in [2.75, 3.05) is 28.7 Å². The van der Waals surface area contributed by atoms with Crippen molar-refractivity contribution in [3.63, 3.8) is 0 Å². The number of nitrogens with one attached hydrogen (secondary N) is 4. The number of benzene rings is 1. The molecule has 9 heteroatoms. The standard InChI is InChI=1S/C23H26N6O3/c1-2-32-20(31)13-29-18-8-7-16(12-14(18)6-9-19(29)30)26-23-27-21-17(10-11-24-21)22(28-23)25-15-4-3-5-15/h7-8,10-12,15H,2-6,9,13H2,1H3,(H3,24,25,26,27,28)/p+1. The Morgan fingerprint density at radius 3 is 2.97 bits per heavy atom. The van der Waals surface area contributed by atoms with Gasteiger partial charge in [0, 0.05) is 18.3 Å². The molecule has 0 atom stereocenters. The van der Waals surface area contributed by atoms with E-state index in [2.05, 4.69) is 25.6 Å². The molecule has 5 rings (SSSR count). The molecule has 4 N–H and O–H groups in total. The highest BCUT2D eigenvalue weighted by Gasteiger charge is 2.27. The maximum atomic E-state index is 12.4. The number of rotatable bonds is 7. The van der Waals surface area contributed by atoms with Crippen LogP contribution in [0.15, 0.2) is 30.5 Å². The van der Waals surface area contributed by atoms with Crippen LogP contribution < -0.4 is 20.5 Å². The lowest BCUT2D eigenvalue weighted by molar-refractivity contribution is -0.346. The second kappa shape index (κ2) is 8.49. The molecule has 2 aliphatic rings. The summed E-state index contributed by atoms with van der Waals surface area (Å²) >= 11 is 0. The van der Waals surface area contributed by atoms with Crippen LogP contribution in [0.5, 0.6) is 0 Å². The summed E-state index contributed by atoms with van der Waals surface area (Å²) in [5.74, 6) is 1.11. The minimum atomic E-state index is -0.402. The molecule has 0 saturated heterocycles. The van der Waals surface area contributed by atoms with Crippen LogP contribution in [0.4, 0.5) is 23.1 Å². The number of carbonyl (C=O) groups is 2. The highest BCUT2D eigenvalue weighted by Crippen LogP contribution is 2.31. The number of nitrogens with zero attached hydrogens (tertiary/aromatic N) is 2. The van der Waals surface area contributed by atoms with Crippen molar-refractivity contribution in [3.8, 4) is 0 Å². The fourth-order valence-corrected chi connectivity index (χ4v) is 4.19. The molecule has 0 spiro atoms. The lowest BCUT2D eigenvalue weighted by Crippen LogP contribution is -2.39. The molecular formula is C23H27N6O3+. The summed E-state index contributed by atoms with van der Waals surface area (Å²) in [6.07, 6.45) is 6.49. The van der Waals surface area contributed by atoms with E-state index in [1.165, 1.54) is 24.2 Å². The number of fused-ring (bicyclic) bond motifs is 2. The Morgan fingerprint density at radius 1 is 1.31 bits per heavy atom. The van der Waals surface area contributed by atoms with Gasteiger partial charge in [-0.1, -0.05) is 4.98 Å². The molecule has 2 aromatic heterocycles. The van der Waals surface area contributed by atoms with Crippen LogP contribution in [0.25, 0.3) is 11.0 Å². The summed E-state index contributed by atoms with van der Waals surface area (Å²) in [7, 11) is 0. The molecule has 9 nitrogen and oxygen atoms in total. The van der Waals surface area contributed by atoms with Crippen molar-refractivity contribution in [1.82, 2.24) is 9.97 Å². The zero-order chi connectivity index (χ0) is 22.1. The summed E-state index contributed by atoms with van der Waals surface area (Å²) in [6, 6.07) is 8.27. The van der Waals surface area contributed by atoms with E-state index in [0.29, 0.717) is 31.4 Å². The number of anilines is 4. The van der Waals surface area contributed by atoms with Gasteiger partial charge in [0.1, 0.15) is 6.54 Å². The molecule has 1 amide bonds. The third kappa shape index (κ3) is 3.98. The van der Waals surface area contributed by atoms with Gasteiger partial charge in [0.25, 0.3) is 0 Å². The first kappa shape index (κ1) is 20.3. The third-order valence-electron chi connectivity index (χ3n) is 6.05. The number of aromatic nitrogens is 3. The first-order valence-corrected chi connectivity index (χ1v) is 11.1. The van der Waals surface area contributed by atoms with Crippen LogP contribution in [-0.2, 0) is 20.7 Å². The van der Waals surface area contributed by atoms with Gasteiger partial charge in [-0.3, -0.25) is 14.9 Å². The molecule has 166 valence electrons. The Kier molecular flexibility index (Phi) is 5.38. The van der Waals surface area contributed by atoms with Crippen molar-refractivity contribution >= 4 is 46.1 Å². The van der Waals surface area contributed by atoms with Gasteiger partial charge in [0.2, 0.25) is 17.4 Å². The van der Waals surface area contributed by atoms with Crippen LogP contribution in [0, 0.1) is 0 Å². The van der Waals surface area contributed by atoms with E-state index < -0.39 is 5.97 Å². The topological polar surface area (TPSA) is 113 Å². The van der Waals surface area contributed by atoms with Gasteiger partial charge in [0.05, 0.1) is 23.7 Å². The van der Waals surface area contributed by atoms with Crippen LogP contribution in [0.1, 0.15) is 38.2 Å². The molecule has 1 saturated carbocycles. The van der Waals surface area contributed by atoms with Crippen molar-refractivity contribution in [2.45, 2.75) is 45.1 Å². The summed E-state index contributed by atoms with van der Waals surface area (Å²) in [5.41, 5.74) is 3.42. The lowest BCUT2D eigenvalue weighted by atomic mass is 9.93. The molecule has 1 fully saturated rings. The van der Waals surface area contributed by atoms with Crippen molar-refractivity contribution in [2.24, 2.45) is 0 Å². The highest BCUT2D eigenvalue weighted by atomic mass is 16.5. The molecule has 1 aliphatic carbocycles. The zero-order valence-corrected chi connectivity index (χ0v) is 18.0. The molecule has 32 heavy (non-hydrogen) atoms. The summed E-state index contributed by atoms with van der Waals surface area (Å²) in [6.45, 7) is 1.98. The second-order valence-electron chi connectivity index (χ2n) is 8.23. The number of amides is 1. The van der Waals surface area contributed by atoms with Crippen LogP contribution >= 0.6 is 0 Å². The monoisotopic (exact) mass is 435 g/mol. The van der Waals surface area contributed by atoms with Crippen molar-refractivity contribution in [1.29, 1.82) is 0 Å². The third-order valence-corrected chi connectivity index (χ3v) is 6.05. The van der Waals surface area contributed by atoms with Crippen molar-refractivity contribution in [3.05, 3.63) is 36.0 Å². The van der Waals surface area contributed by atoms with Gasteiger partial charge in [-0.25, -0.2) is 4.98 Å². The predicted molar refractivity (Wildman–Crippen MR) is 121 cm³/mol. The molecule has 0 bridgehead atoms. The van der Waals surface area contributed by atoms with E-state index in [9.17, 15) is 9.59 Å². The summed E-state index contributed by atoms with van der Waals surface area (Å²) in [4.78, 5) is 37.1. The van der Waals surface area contributed by atoms with E-state index in [1.54, 1.807) is 6.92 Å². The Hall–Kier alpha value is -3.62. The predicted octanol–water partition coefficient (Wildman–Crippen LogP) is 2.93. The van der Waals surface area contributed by atoms with Crippen LogP contribution in [-0.4, -0.2) is 41.0 Å². The number of hydrogen-bond acceptors (Lipinski definition) is 6. The number of carbonyl (C=O) groups excluding carboxylic acids is 2. The van der Waals surface area contributed by atoms with Crippen molar-refractivity contribution < 1.29 is 19.3 Å². The fourth-order valence-electron chi connectivity index (χ4n) is 4.19. The smallest absolute Gasteiger partial charge is 0.351 e. The van der Waals surface area contributed by atoms with Crippen LogP contribution in [0.2, 0.25) is 0 Å². The SMILES string of the molecule is CCOC(=O)CN1C(=O)CCc2cc(Nc3nc4[nH]ccc4c(NC4CCC4)[nH+]3)ccc21. The summed E-state index contributed by atoms with van der Waals surface area (Å²) in [5, 5.41) is 7.96. The van der Waals surface area contributed by atoms with Gasteiger partial charge >= 0.3 is 11.9 Å². The summed E-state index contributed by atoms with van der Waals surface area (Å²) < 4.78 is 5.02. The second-order valence-corrected chi connectivity index (χ2v) is 8.23. The van der Waals surface area contributed by atoms with Gasteiger partial charge in [0.15, 0.2) is 0 Å². The minimum Gasteiger partial charge on any atom is -0.465 e. The average molecular weight is 436 g/mol. The molecule has 1 aromatic carbocycles. The molecule has 0 radical (unpaired) electrons. The Morgan fingerprint density at radius 2 is 2.19 bits per heavy atom. The van der Waals surface area contributed by atoms with Gasteiger partial charge in [-0.15, -0.1) is 0 Å². The number of aromatic amines is 2. The lowest BCUT2D eigenvalue weighted by Gasteiger charge is -2.28. The largest absolute Gasteiger partial charge is 0.465 e. The highest BCUT2D eigenvalue weighted by molar-refractivity contribution is 6.00. The van der Waals surface area contributed by atoms with Crippen LogP contribution in [0.3, 0.4) is 0 Å². The molecular weight excluding hydrogens is 408 g/mol. The zero-order valence-electron chi connectivity index (χ0n) is 18.0. The number of hydrogen-bond donors (Lipinski definition) is 3. The minimum absolute atomic E-state index is 0.0647. The maximum absolute atomic E-state index is 12.4. The number of ether oxygens (including phenoxy) is 1.